The van der Waals surface area contributed by atoms with Gasteiger partial charge in [-0.3, -0.25) is 0 Å². The van der Waals surface area contributed by atoms with Gasteiger partial charge in [-0.1, -0.05) is 121 Å². The molecule has 8 rings (SSSR count). The molecule has 1 heterocycles. The van der Waals surface area contributed by atoms with E-state index < -0.39 is 0 Å². The molecular weight excluding hydrogens is 534 g/mol. The number of hydrogen-bond donors (Lipinski definition) is 0. The van der Waals surface area contributed by atoms with Gasteiger partial charge >= 0.3 is 0 Å². The first-order chi connectivity index (χ1) is 23.5. The van der Waals surface area contributed by atoms with Crippen LogP contribution >= 0.6 is 0 Å². The van der Waals surface area contributed by atoms with Crippen LogP contribution in [0.3, 0.4) is 0 Å². The van der Waals surface area contributed by atoms with Gasteiger partial charge in [0.1, 0.15) is 11.2 Å². The molecule has 0 amide bonds. The number of para-hydroxylation sites is 1. The zero-order valence-corrected chi connectivity index (χ0v) is 23.8. The highest BCUT2D eigenvalue weighted by Crippen LogP contribution is 2.38. The van der Waals surface area contributed by atoms with E-state index in [9.17, 15) is 2.74 Å². The minimum atomic E-state index is -0.108. The highest BCUT2D eigenvalue weighted by molar-refractivity contribution is 6.06. The van der Waals surface area contributed by atoms with Crippen LogP contribution in [0.15, 0.2) is 180 Å². The van der Waals surface area contributed by atoms with Gasteiger partial charge in [-0.25, -0.2) is 0 Å². The molecule has 0 atom stereocenters. The SMILES string of the molecule is [2H]c1c([2H])c(N(c2ccc(-c3ccccc3)cc2)c2ccc(-c3ccc4oc5ccccc5c4c3)cc2)c([2H])c([2H])c1-c1ccccc1. The number of rotatable bonds is 6. The molecule has 0 spiro atoms. The lowest BCUT2D eigenvalue weighted by Gasteiger charge is -2.26. The van der Waals surface area contributed by atoms with Crippen LogP contribution in [0.1, 0.15) is 5.48 Å². The second kappa shape index (κ2) is 11.1. The summed E-state index contributed by atoms with van der Waals surface area (Å²) in [5, 5.41) is 2.12. The van der Waals surface area contributed by atoms with E-state index in [2.05, 4.69) is 24.3 Å². The summed E-state index contributed by atoms with van der Waals surface area (Å²) < 4.78 is 42.4. The second-order valence-corrected chi connectivity index (χ2v) is 10.7. The van der Waals surface area contributed by atoms with Crippen LogP contribution in [0.2, 0.25) is 0 Å². The molecule has 0 aliphatic rings. The van der Waals surface area contributed by atoms with Crippen molar-refractivity contribution >= 4 is 39.0 Å². The minimum Gasteiger partial charge on any atom is -0.456 e. The largest absolute Gasteiger partial charge is 0.456 e. The van der Waals surface area contributed by atoms with Crippen molar-refractivity contribution in [3.05, 3.63) is 176 Å². The van der Waals surface area contributed by atoms with Crippen molar-refractivity contribution in [1.29, 1.82) is 0 Å². The van der Waals surface area contributed by atoms with Gasteiger partial charge in [-0.05, 0) is 87.9 Å². The lowest BCUT2D eigenvalue weighted by Crippen LogP contribution is -2.09. The van der Waals surface area contributed by atoms with E-state index in [0.29, 0.717) is 11.3 Å². The smallest absolute Gasteiger partial charge is 0.135 e. The van der Waals surface area contributed by atoms with Crippen LogP contribution in [0, 0.1) is 0 Å². The lowest BCUT2D eigenvalue weighted by molar-refractivity contribution is 0.669. The van der Waals surface area contributed by atoms with E-state index >= 15 is 0 Å². The summed E-state index contributed by atoms with van der Waals surface area (Å²) in [6.07, 6.45) is 0. The van der Waals surface area contributed by atoms with Gasteiger partial charge in [0.15, 0.2) is 0 Å². The van der Waals surface area contributed by atoms with E-state index in [1.54, 1.807) is 0 Å². The normalized spacial score (nSPS) is 12.5. The number of nitrogens with zero attached hydrogens (tertiary/aromatic N) is 1. The Labute approximate surface area is 262 Å². The predicted molar refractivity (Wildman–Crippen MR) is 185 cm³/mol. The molecular formula is C42H29NO. The summed E-state index contributed by atoms with van der Waals surface area (Å²) in [5.41, 5.74) is 8.41. The van der Waals surface area contributed by atoms with Crippen LogP contribution < -0.4 is 4.90 Å². The van der Waals surface area contributed by atoms with Gasteiger partial charge < -0.3 is 9.32 Å². The van der Waals surface area contributed by atoms with Crippen molar-refractivity contribution in [2.45, 2.75) is 0 Å². The monoisotopic (exact) mass is 567 g/mol. The minimum absolute atomic E-state index is 0.0830. The number of furan rings is 1. The van der Waals surface area contributed by atoms with Crippen molar-refractivity contribution in [1.82, 2.24) is 0 Å². The van der Waals surface area contributed by atoms with Gasteiger partial charge in [-0.2, -0.15) is 0 Å². The van der Waals surface area contributed by atoms with E-state index in [-0.39, 0.29) is 35.4 Å². The third kappa shape index (κ3) is 4.83. The Kier molecular flexibility index (Phi) is 5.49. The maximum absolute atomic E-state index is 9.19. The van der Waals surface area contributed by atoms with Crippen LogP contribution in [0.4, 0.5) is 17.1 Å². The predicted octanol–water partition coefficient (Wildman–Crippen LogP) is 12.1. The Morgan fingerprint density at radius 3 is 1.48 bits per heavy atom. The summed E-state index contributed by atoms with van der Waals surface area (Å²) in [4.78, 5) is 1.82. The lowest BCUT2D eigenvalue weighted by atomic mass is 10.0. The molecule has 0 aliphatic carbocycles. The first-order valence-electron chi connectivity index (χ1n) is 16.6. The molecule has 7 aromatic carbocycles. The van der Waals surface area contributed by atoms with Crippen molar-refractivity contribution in [2.75, 3.05) is 4.90 Å². The second-order valence-electron chi connectivity index (χ2n) is 10.7. The summed E-state index contributed by atoms with van der Waals surface area (Å²) in [6.45, 7) is 0. The molecule has 0 bridgehead atoms. The maximum Gasteiger partial charge on any atom is 0.135 e. The number of fused-ring (bicyclic) bond motifs is 3. The van der Waals surface area contributed by atoms with Gasteiger partial charge in [0, 0.05) is 27.8 Å². The highest BCUT2D eigenvalue weighted by atomic mass is 16.3. The van der Waals surface area contributed by atoms with Crippen LogP contribution in [0.5, 0.6) is 0 Å². The Balaban J connectivity index is 1.26. The molecule has 0 saturated carbocycles. The zero-order valence-electron chi connectivity index (χ0n) is 27.8. The molecule has 208 valence electrons. The van der Waals surface area contributed by atoms with Crippen molar-refractivity contribution in [3.8, 4) is 33.4 Å². The molecule has 0 fully saturated rings. The Hall–Kier alpha value is -5.86. The number of anilines is 3. The third-order valence-electron chi connectivity index (χ3n) is 7.97. The Morgan fingerprint density at radius 2 is 0.841 bits per heavy atom. The van der Waals surface area contributed by atoms with Gasteiger partial charge in [0.2, 0.25) is 0 Å². The van der Waals surface area contributed by atoms with E-state index in [1.807, 2.05) is 132 Å². The summed E-state index contributed by atoms with van der Waals surface area (Å²) in [7, 11) is 0. The molecule has 0 aliphatic heterocycles. The van der Waals surface area contributed by atoms with Gasteiger partial charge in [0.25, 0.3) is 0 Å². The first kappa shape index (κ1) is 21.8. The molecule has 2 nitrogen and oxygen atoms in total. The van der Waals surface area contributed by atoms with Gasteiger partial charge in [0.05, 0.1) is 5.48 Å². The zero-order chi connectivity index (χ0) is 32.8. The van der Waals surface area contributed by atoms with Crippen LogP contribution in [-0.4, -0.2) is 0 Å². The van der Waals surface area contributed by atoms with E-state index in [0.717, 1.165) is 49.9 Å². The molecule has 0 unspecified atom stereocenters. The van der Waals surface area contributed by atoms with Crippen molar-refractivity contribution < 1.29 is 9.90 Å². The molecule has 0 radical (unpaired) electrons. The topological polar surface area (TPSA) is 16.4 Å². The molecule has 0 N–H and O–H groups in total. The quantitative estimate of drug-likeness (QED) is 0.199. The standard InChI is InChI=1S/C42H29NO/c1-3-9-30(10-4-1)32-15-22-36(23-16-32)43(37-24-17-33(18-25-37)31-11-5-2-6-12-31)38-26-19-34(20-27-38)35-21-28-42-40(29-35)39-13-7-8-14-41(39)44-42/h1-29H/i15D,16D,22D,23D. The summed E-state index contributed by atoms with van der Waals surface area (Å²) >= 11 is 0. The first-order valence-corrected chi connectivity index (χ1v) is 14.6. The number of hydrogen-bond acceptors (Lipinski definition) is 2. The fraction of sp³-hybridized carbons (Fsp3) is 0. The molecule has 1 aromatic heterocycles. The third-order valence-corrected chi connectivity index (χ3v) is 7.97. The van der Waals surface area contributed by atoms with Gasteiger partial charge in [-0.15, -0.1) is 0 Å². The maximum atomic E-state index is 9.19. The Morgan fingerprint density at radius 1 is 0.364 bits per heavy atom. The number of benzene rings is 7. The average Bonchev–Trinajstić information content (AvgIpc) is 3.52. The average molecular weight is 568 g/mol. The molecule has 44 heavy (non-hydrogen) atoms. The Bertz CT molecular complexity index is 2390. The van der Waals surface area contributed by atoms with E-state index in [4.69, 9.17) is 7.16 Å². The van der Waals surface area contributed by atoms with Crippen LogP contribution in [0.25, 0.3) is 55.3 Å². The molecule has 8 aromatic rings. The van der Waals surface area contributed by atoms with Crippen LogP contribution in [-0.2, 0) is 0 Å². The molecule has 0 saturated heterocycles. The van der Waals surface area contributed by atoms with Crippen molar-refractivity contribution in [2.24, 2.45) is 0 Å². The fourth-order valence-corrected chi connectivity index (χ4v) is 5.72. The highest BCUT2D eigenvalue weighted by Gasteiger charge is 2.14. The summed E-state index contributed by atoms with van der Waals surface area (Å²) in [5.74, 6) is 0. The summed E-state index contributed by atoms with van der Waals surface area (Å²) in [6, 6.07) is 49.1. The fourth-order valence-electron chi connectivity index (χ4n) is 5.72. The van der Waals surface area contributed by atoms with E-state index in [1.165, 1.54) is 0 Å². The molecule has 2 heteroatoms. The van der Waals surface area contributed by atoms with Crippen molar-refractivity contribution in [3.63, 3.8) is 0 Å².